The zero-order chi connectivity index (χ0) is 19.9. The Balaban J connectivity index is 1.42. The molecule has 4 rings (SSSR count). The van der Waals surface area contributed by atoms with Crippen LogP contribution in [-0.4, -0.2) is 19.7 Å². The Morgan fingerprint density at radius 1 is 0.931 bits per heavy atom. The van der Waals surface area contributed by atoms with Crippen LogP contribution >= 0.6 is 0 Å². The van der Waals surface area contributed by atoms with Crippen molar-refractivity contribution in [3.8, 4) is 17.2 Å². The van der Waals surface area contributed by atoms with E-state index in [0.717, 1.165) is 30.3 Å². The second-order valence-corrected chi connectivity index (χ2v) is 7.37. The van der Waals surface area contributed by atoms with Gasteiger partial charge >= 0.3 is 0 Å². The molecule has 0 saturated carbocycles. The SMILES string of the molecule is COc1ccccc1Oc1cccc(CN[C@H]2CCCN[C@H]2c2ccccc2)c1. The Hall–Kier alpha value is -2.82. The molecular formula is C25H28N2O2. The van der Waals surface area contributed by atoms with Gasteiger partial charge in [-0.25, -0.2) is 0 Å². The minimum absolute atomic E-state index is 0.345. The molecule has 1 saturated heterocycles. The molecule has 29 heavy (non-hydrogen) atoms. The van der Waals surface area contributed by atoms with Crippen LogP contribution in [0.5, 0.6) is 17.2 Å². The van der Waals surface area contributed by atoms with Crippen molar-refractivity contribution < 1.29 is 9.47 Å². The topological polar surface area (TPSA) is 42.5 Å². The molecular weight excluding hydrogens is 360 g/mol. The summed E-state index contributed by atoms with van der Waals surface area (Å²) in [6, 6.07) is 27.4. The third-order valence-corrected chi connectivity index (χ3v) is 5.38. The predicted molar refractivity (Wildman–Crippen MR) is 117 cm³/mol. The highest BCUT2D eigenvalue weighted by Crippen LogP contribution is 2.31. The summed E-state index contributed by atoms with van der Waals surface area (Å²) >= 11 is 0. The van der Waals surface area contributed by atoms with Gasteiger partial charge in [0.05, 0.1) is 7.11 Å². The molecule has 2 N–H and O–H groups in total. The van der Waals surface area contributed by atoms with Gasteiger partial charge in [0.15, 0.2) is 11.5 Å². The zero-order valence-electron chi connectivity index (χ0n) is 16.8. The van der Waals surface area contributed by atoms with Crippen LogP contribution < -0.4 is 20.1 Å². The van der Waals surface area contributed by atoms with E-state index < -0.39 is 0 Å². The molecule has 0 bridgehead atoms. The van der Waals surface area contributed by atoms with E-state index in [-0.39, 0.29) is 0 Å². The number of para-hydroxylation sites is 2. The van der Waals surface area contributed by atoms with Crippen LogP contribution in [-0.2, 0) is 6.54 Å². The minimum Gasteiger partial charge on any atom is -0.493 e. The van der Waals surface area contributed by atoms with Crippen molar-refractivity contribution >= 4 is 0 Å². The number of methoxy groups -OCH3 is 1. The first-order valence-electron chi connectivity index (χ1n) is 10.2. The van der Waals surface area contributed by atoms with Crippen molar-refractivity contribution in [3.63, 3.8) is 0 Å². The summed E-state index contributed by atoms with van der Waals surface area (Å²) in [7, 11) is 1.66. The summed E-state index contributed by atoms with van der Waals surface area (Å²) in [5, 5.41) is 7.43. The van der Waals surface area contributed by atoms with Crippen molar-refractivity contribution in [1.82, 2.24) is 10.6 Å². The van der Waals surface area contributed by atoms with Gasteiger partial charge in [0.1, 0.15) is 5.75 Å². The Kier molecular flexibility index (Phi) is 6.45. The van der Waals surface area contributed by atoms with E-state index in [2.05, 4.69) is 53.1 Å². The van der Waals surface area contributed by atoms with Gasteiger partial charge in [-0.2, -0.15) is 0 Å². The van der Waals surface area contributed by atoms with Gasteiger partial charge in [0.25, 0.3) is 0 Å². The average Bonchev–Trinajstić information content (AvgIpc) is 2.79. The summed E-state index contributed by atoms with van der Waals surface area (Å²) < 4.78 is 11.4. The van der Waals surface area contributed by atoms with E-state index in [0.29, 0.717) is 12.1 Å². The molecule has 0 unspecified atom stereocenters. The van der Waals surface area contributed by atoms with Crippen molar-refractivity contribution in [2.24, 2.45) is 0 Å². The molecule has 1 fully saturated rings. The van der Waals surface area contributed by atoms with Crippen LogP contribution in [0.15, 0.2) is 78.9 Å². The van der Waals surface area contributed by atoms with E-state index in [1.807, 2.05) is 36.4 Å². The fraction of sp³-hybridized carbons (Fsp3) is 0.280. The van der Waals surface area contributed by atoms with Gasteiger partial charge in [-0.1, -0.05) is 54.6 Å². The van der Waals surface area contributed by atoms with Crippen LogP contribution in [0.1, 0.15) is 30.0 Å². The highest BCUT2D eigenvalue weighted by molar-refractivity contribution is 5.43. The van der Waals surface area contributed by atoms with Crippen molar-refractivity contribution in [2.45, 2.75) is 31.5 Å². The molecule has 2 atom stereocenters. The van der Waals surface area contributed by atoms with E-state index in [9.17, 15) is 0 Å². The van der Waals surface area contributed by atoms with E-state index in [1.165, 1.54) is 24.0 Å². The number of piperidine rings is 1. The summed E-state index contributed by atoms with van der Waals surface area (Å²) in [5.74, 6) is 2.27. The van der Waals surface area contributed by atoms with Gasteiger partial charge in [-0.05, 0) is 54.8 Å². The molecule has 4 nitrogen and oxygen atoms in total. The maximum atomic E-state index is 6.06. The molecule has 0 amide bonds. The molecule has 3 aromatic rings. The van der Waals surface area contributed by atoms with Gasteiger partial charge in [-0.3, -0.25) is 0 Å². The molecule has 0 aliphatic carbocycles. The maximum Gasteiger partial charge on any atom is 0.169 e. The van der Waals surface area contributed by atoms with Crippen LogP contribution in [0.25, 0.3) is 0 Å². The molecule has 4 heteroatoms. The first-order valence-corrected chi connectivity index (χ1v) is 10.2. The average molecular weight is 389 g/mol. The standard InChI is InChI=1S/C25H28N2O2/c1-28-23-14-5-6-15-24(23)29-21-12-7-9-19(17-21)18-27-22-13-8-16-26-25(22)20-10-3-2-4-11-20/h2-7,9-12,14-15,17,22,25-27H,8,13,16,18H2,1H3/t22-,25-/m0/s1. The summed E-state index contributed by atoms with van der Waals surface area (Å²) in [5.41, 5.74) is 2.55. The lowest BCUT2D eigenvalue weighted by atomic mass is 9.92. The monoisotopic (exact) mass is 388 g/mol. The molecule has 0 aromatic heterocycles. The molecule has 3 aromatic carbocycles. The molecule has 0 radical (unpaired) electrons. The number of nitrogens with one attached hydrogen (secondary N) is 2. The highest BCUT2D eigenvalue weighted by atomic mass is 16.5. The number of benzene rings is 3. The third kappa shape index (κ3) is 4.97. The van der Waals surface area contributed by atoms with Gasteiger partial charge in [0.2, 0.25) is 0 Å². The highest BCUT2D eigenvalue weighted by Gasteiger charge is 2.25. The van der Waals surface area contributed by atoms with E-state index >= 15 is 0 Å². The molecule has 1 heterocycles. The lowest BCUT2D eigenvalue weighted by molar-refractivity contribution is 0.304. The zero-order valence-corrected chi connectivity index (χ0v) is 16.8. The van der Waals surface area contributed by atoms with Crippen LogP contribution in [0.2, 0.25) is 0 Å². The van der Waals surface area contributed by atoms with Crippen molar-refractivity contribution in [1.29, 1.82) is 0 Å². The number of ether oxygens (including phenoxy) is 2. The van der Waals surface area contributed by atoms with Gasteiger partial charge in [-0.15, -0.1) is 0 Å². The lowest BCUT2D eigenvalue weighted by Gasteiger charge is -2.34. The summed E-state index contributed by atoms with van der Waals surface area (Å²) in [6.07, 6.45) is 2.36. The first-order chi connectivity index (χ1) is 14.3. The second-order valence-electron chi connectivity index (χ2n) is 7.37. The largest absolute Gasteiger partial charge is 0.493 e. The fourth-order valence-corrected chi connectivity index (χ4v) is 3.92. The Morgan fingerprint density at radius 2 is 1.72 bits per heavy atom. The van der Waals surface area contributed by atoms with E-state index in [1.54, 1.807) is 7.11 Å². The maximum absolute atomic E-state index is 6.06. The second kappa shape index (κ2) is 9.59. The quantitative estimate of drug-likeness (QED) is 0.593. The molecule has 0 spiro atoms. The fourth-order valence-electron chi connectivity index (χ4n) is 3.92. The van der Waals surface area contributed by atoms with E-state index in [4.69, 9.17) is 9.47 Å². The van der Waals surface area contributed by atoms with Crippen molar-refractivity contribution in [2.75, 3.05) is 13.7 Å². The normalized spacial score (nSPS) is 18.9. The van der Waals surface area contributed by atoms with Crippen molar-refractivity contribution in [3.05, 3.63) is 90.0 Å². The summed E-state index contributed by atoms with van der Waals surface area (Å²) in [6.45, 7) is 1.87. The van der Waals surface area contributed by atoms with Gasteiger partial charge in [0, 0.05) is 18.6 Å². The van der Waals surface area contributed by atoms with Crippen LogP contribution in [0.4, 0.5) is 0 Å². The smallest absolute Gasteiger partial charge is 0.169 e. The minimum atomic E-state index is 0.345. The molecule has 150 valence electrons. The molecule has 1 aliphatic rings. The summed E-state index contributed by atoms with van der Waals surface area (Å²) in [4.78, 5) is 0. The van der Waals surface area contributed by atoms with Crippen LogP contribution in [0.3, 0.4) is 0 Å². The Labute approximate surface area is 172 Å². The number of hydrogen-bond donors (Lipinski definition) is 2. The van der Waals surface area contributed by atoms with Gasteiger partial charge < -0.3 is 20.1 Å². The third-order valence-electron chi connectivity index (χ3n) is 5.38. The molecule has 1 aliphatic heterocycles. The Morgan fingerprint density at radius 3 is 2.55 bits per heavy atom. The Bertz CT molecular complexity index is 913. The number of rotatable bonds is 7. The predicted octanol–water partition coefficient (Wildman–Crippen LogP) is 5.07. The van der Waals surface area contributed by atoms with Crippen LogP contribution in [0, 0.1) is 0 Å². The first kappa shape index (κ1) is 19.5. The number of hydrogen-bond acceptors (Lipinski definition) is 4. The lowest BCUT2D eigenvalue weighted by Crippen LogP contribution is -2.45.